The largest absolute Gasteiger partial charge is 0.444 e. The molecule has 2 aromatic heterocycles. The number of benzene rings is 1. The number of rotatable bonds is 6. The van der Waals surface area contributed by atoms with Gasteiger partial charge in [-0.25, -0.2) is 9.78 Å². The summed E-state index contributed by atoms with van der Waals surface area (Å²) in [6.07, 6.45) is 3.95. The van der Waals surface area contributed by atoms with Crippen molar-refractivity contribution in [3.8, 4) is 11.3 Å². The number of amides is 2. The summed E-state index contributed by atoms with van der Waals surface area (Å²) in [6.45, 7) is 8.13. The minimum absolute atomic E-state index is 0.194. The van der Waals surface area contributed by atoms with E-state index >= 15 is 0 Å². The second-order valence-electron chi connectivity index (χ2n) is 7.77. The maximum Gasteiger partial charge on any atom is 0.407 e. The fourth-order valence-corrected chi connectivity index (χ4v) is 2.73. The van der Waals surface area contributed by atoms with Gasteiger partial charge in [-0.15, -0.1) is 0 Å². The molecule has 1 aromatic carbocycles. The first-order valence-electron chi connectivity index (χ1n) is 9.52. The van der Waals surface area contributed by atoms with Crippen LogP contribution in [0, 0.1) is 6.92 Å². The molecule has 9 nitrogen and oxygen atoms in total. The SMILES string of the molecule is Cc1cccc(-c2ocnc2C(=O)Nc2cnn(CCNC(=O)OC(C)(C)C)c2)c1. The number of anilines is 1. The molecule has 0 unspecified atom stereocenters. The lowest BCUT2D eigenvalue weighted by molar-refractivity contribution is 0.0525. The Hall–Kier alpha value is -3.62. The predicted molar refractivity (Wildman–Crippen MR) is 111 cm³/mol. The molecule has 3 aromatic rings. The van der Waals surface area contributed by atoms with Gasteiger partial charge in [-0.1, -0.05) is 23.8 Å². The maximum atomic E-state index is 12.7. The van der Waals surface area contributed by atoms with Gasteiger partial charge >= 0.3 is 6.09 Å². The van der Waals surface area contributed by atoms with Crippen LogP contribution in [0.3, 0.4) is 0 Å². The summed E-state index contributed by atoms with van der Waals surface area (Å²) < 4.78 is 12.2. The molecule has 30 heavy (non-hydrogen) atoms. The second kappa shape index (κ2) is 8.81. The summed E-state index contributed by atoms with van der Waals surface area (Å²) >= 11 is 0. The summed E-state index contributed by atoms with van der Waals surface area (Å²) in [5.41, 5.74) is 1.99. The molecule has 0 aliphatic rings. The fraction of sp³-hybridized carbons (Fsp3) is 0.333. The number of carbonyl (C=O) groups is 2. The van der Waals surface area contributed by atoms with Crippen LogP contribution in [0.4, 0.5) is 10.5 Å². The van der Waals surface area contributed by atoms with Crippen LogP contribution in [0.25, 0.3) is 11.3 Å². The fourth-order valence-electron chi connectivity index (χ4n) is 2.73. The Kier molecular flexibility index (Phi) is 6.20. The molecule has 3 rings (SSSR count). The maximum absolute atomic E-state index is 12.7. The van der Waals surface area contributed by atoms with Crippen molar-refractivity contribution in [2.75, 3.05) is 11.9 Å². The number of oxazole rings is 1. The molecule has 0 aliphatic carbocycles. The van der Waals surface area contributed by atoms with Gasteiger partial charge in [0, 0.05) is 18.3 Å². The first-order chi connectivity index (χ1) is 14.2. The van der Waals surface area contributed by atoms with E-state index in [0.717, 1.165) is 11.1 Å². The summed E-state index contributed by atoms with van der Waals surface area (Å²) in [5.74, 6) is 0.0110. The molecule has 9 heteroatoms. The summed E-state index contributed by atoms with van der Waals surface area (Å²) in [6, 6.07) is 7.64. The lowest BCUT2D eigenvalue weighted by Gasteiger charge is -2.19. The van der Waals surface area contributed by atoms with Gasteiger partial charge in [-0.05, 0) is 33.8 Å². The molecule has 2 amide bonds. The van der Waals surface area contributed by atoms with Crippen LogP contribution in [0.5, 0.6) is 0 Å². The van der Waals surface area contributed by atoms with Gasteiger partial charge in [-0.2, -0.15) is 5.10 Å². The molecule has 158 valence electrons. The Morgan fingerprint density at radius 2 is 2.07 bits per heavy atom. The normalized spacial score (nSPS) is 11.2. The Labute approximate surface area is 174 Å². The van der Waals surface area contributed by atoms with Gasteiger partial charge < -0.3 is 19.8 Å². The first kappa shape index (κ1) is 21.1. The second-order valence-corrected chi connectivity index (χ2v) is 7.77. The Balaban J connectivity index is 1.57. The highest BCUT2D eigenvalue weighted by Crippen LogP contribution is 2.24. The van der Waals surface area contributed by atoms with Crippen LogP contribution in [-0.4, -0.2) is 38.9 Å². The van der Waals surface area contributed by atoms with Crippen LogP contribution in [0.15, 0.2) is 47.5 Å². The van der Waals surface area contributed by atoms with Crippen LogP contribution in [0.2, 0.25) is 0 Å². The van der Waals surface area contributed by atoms with Gasteiger partial charge in [0.1, 0.15) is 5.60 Å². The molecule has 0 radical (unpaired) electrons. The van der Waals surface area contributed by atoms with Crippen molar-refractivity contribution in [2.45, 2.75) is 39.8 Å². The zero-order valence-corrected chi connectivity index (χ0v) is 17.4. The minimum atomic E-state index is -0.550. The number of aromatic nitrogens is 3. The minimum Gasteiger partial charge on any atom is -0.444 e. The standard InChI is InChI=1S/C21H25N5O4/c1-14-6-5-7-15(10-14)18-17(23-13-29-18)19(27)25-16-11-24-26(12-16)9-8-22-20(28)30-21(2,3)4/h5-7,10-13H,8-9H2,1-4H3,(H,22,28)(H,25,27). The third-order valence-electron chi connectivity index (χ3n) is 3.96. The number of nitrogens with one attached hydrogen (secondary N) is 2. The van der Waals surface area contributed by atoms with Crippen molar-refractivity contribution < 1.29 is 18.7 Å². The number of nitrogens with zero attached hydrogens (tertiary/aromatic N) is 3. The van der Waals surface area contributed by atoms with Crippen LogP contribution < -0.4 is 10.6 Å². The van der Waals surface area contributed by atoms with Crippen molar-refractivity contribution in [2.24, 2.45) is 0 Å². The van der Waals surface area contributed by atoms with E-state index in [9.17, 15) is 9.59 Å². The molecule has 0 aliphatic heterocycles. The molecule has 0 spiro atoms. The molecule has 2 N–H and O–H groups in total. The third kappa shape index (κ3) is 5.69. The molecule has 0 saturated carbocycles. The number of hydrogen-bond donors (Lipinski definition) is 2. The van der Waals surface area contributed by atoms with Crippen molar-refractivity contribution in [1.29, 1.82) is 0 Å². The molecule has 0 atom stereocenters. The summed E-state index contributed by atoms with van der Waals surface area (Å²) in [5, 5.41) is 9.60. The van der Waals surface area contributed by atoms with Crippen LogP contribution in [-0.2, 0) is 11.3 Å². The Morgan fingerprint density at radius 1 is 1.27 bits per heavy atom. The lowest BCUT2D eigenvalue weighted by Crippen LogP contribution is -2.34. The summed E-state index contributed by atoms with van der Waals surface area (Å²) in [7, 11) is 0. The lowest BCUT2D eigenvalue weighted by atomic mass is 10.1. The Bertz CT molecular complexity index is 1030. The average molecular weight is 411 g/mol. The average Bonchev–Trinajstić information content (AvgIpc) is 3.29. The van der Waals surface area contributed by atoms with E-state index < -0.39 is 17.6 Å². The molecule has 2 heterocycles. The molecular weight excluding hydrogens is 386 g/mol. The highest BCUT2D eigenvalue weighted by Gasteiger charge is 2.19. The smallest absolute Gasteiger partial charge is 0.407 e. The van der Waals surface area contributed by atoms with Gasteiger partial charge in [0.25, 0.3) is 5.91 Å². The van der Waals surface area contributed by atoms with E-state index in [1.165, 1.54) is 12.6 Å². The van der Waals surface area contributed by atoms with Crippen molar-refractivity contribution in [1.82, 2.24) is 20.1 Å². The highest BCUT2D eigenvalue weighted by atomic mass is 16.6. The zero-order chi connectivity index (χ0) is 21.7. The highest BCUT2D eigenvalue weighted by molar-refractivity contribution is 6.06. The van der Waals surface area contributed by atoms with Gasteiger partial charge in [0.15, 0.2) is 17.8 Å². The van der Waals surface area contributed by atoms with Crippen LogP contribution >= 0.6 is 0 Å². The van der Waals surface area contributed by atoms with Crippen molar-refractivity contribution in [3.63, 3.8) is 0 Å². The first-order valence-corrected chi connectivity index (χ1v) is 9.52. The number of ether oxygens (including phenoxy) is 1. The van der Waals surface area contributed by atoms with E-state index in [1.54, 1.807) is 31.6 Å². The molecule has 0 bridgehead atoms. The molecular formula is C21H25N5O4. The van der Waals surface area contributed by atoms with Crippen molar-refractivity contribution >= 4 is 17.7 Å². The van der Waals surface area contributed by atoms with E-state index in [1.807, 2.05) is 31.2 Å². The van der Waals surface area contributed by atoms with Gasteiger partial charge in [0.2, 0.25) is 0 Å². The third-order valence-corrected chi connectivity index (χ3v) is 3.96. The molecule has 0 fully saturated rings. The van der Waals surface area contributed by atoms with Gasteiger partial charge in [-0.3, -0.25) is 9.48 Å². The van der Waals surface area contributed by atoms with E-state index in [2.05, 4.69) is 20.7 Å². The van der Waals surface area contributed by atoms with Crippen molar-refractivity contribution in [3.05, 3.63) is 54.3 Å². The quantitative estimate of drug-likeness (QED) is 0.641. The number of alkyl carbamates (subject to hydrolysis) is 1. The monoisotopic (exact) mass is 411 g/mol. The zero-order valence-electron chi connectivity index (χ0n) is 17.4. The molecule has 0 saturated heterocycles. The van der Waals surface area contributed by atoms with E-state index in [-0.39, 0.29) is 5.69 Å². The van der Waals surface area contributed by atoms with E-state index in [4.69, 9.17) is 9.15 Å². The number of carbonyl (C=O) groups excluding carboxylic acids is 2. The van der Waals surface area contributed by atoms with Gasteiger partial charge in [0.05, 0.1) is 18.4 Å². The van der Waals surface area contributed by atoms with E-state index in [0.29, 0.717) is 24.5 Å². The number of hydrogen-bond acceptors (Lipinski definition) is 6. The Morgan fingerprint density at radius 3 is 2.80 bits per heavy atom. The number of aryl methyl sites for hydroxylation is 1. The summed E-state index contributed by atoms with van der Waals surface area (Å²) in [4.78, 5) is 28.4. The topological polar surface area (TPSA) is 111 Å². The predicted octanol–water partition coefficient (Wildman–Crippen LogP) is 3.62. The van der Waals surface area contributed by atoms with Crippen LogP contribution in [0.1, 0.15) is 36.8 Å².